The molecule has 36 heavy (non-hydrogen) atoms. The van der Waals surface area contributed by atoms with Crippen LogP contribution in [0.25, 0.3) is 0 Å². The van der Waals surface area contributed by atoms with Crippen molar-refractivity contribution in [3.63, 3.8) is 0 Å². The average molecular weight is 491 g/mol. The Hall–Kier alpha value is -3.19. The van der Waals surface area contributed by atoms with Crippen molar-refractivity contribution in [3.8, 4) is 0 Å². The molecule has 0 radical (unpaired) electrons. The van der Waals surface area contributed by atoms with Crippen molar-refractivity contribution in [2.75, 3.05) is 0 Å². The van der Waals surface area contributed by atoms with E-state index in [2.05, 4.69) is 16.7 Å². The molecule has 7 heteroatoms. The molecule has 2 aromatic rings. The van der Waals surface area contributed by atoms with E-state index < -0.39 is 18.1 Å². The number of hydrogen-bond acceptors (Lipinski definition) is 4. The zero-order valence-electron chi connectivity index (χ0n) is 21.3. The maximum absolute atomic E-state index is 13.8. The van der Waals surface area contributed by atoms with Crippen molar-refractivity contribution in [3.05, 3.63) is 71.3 Å². The Kier molecular flexibility index (Phi) is 8.41. The number of carbonyl (C=O) groups is 3. The van der Waals surface area contributed by atoms with Gasteiger partial charge < -0.3 is 21.3 Å². The van der Waals surface area contributed by atoms with Gasteiger partial charge in [-0.15, -0.1) is 0 Å². The number of nitrogens with zero attached hydrogens (tertiary/aromatic N) is 1. The Morgan fingerprint density at radius 1 is 1.00 bits per heavy atom. The first-order valence-corrected chi connectivity index (χ1v) is 13.2. The minimum absolute atomic E-state index is 0.0157. The van der Waals surface area contributed by atoms with Crippen LogP contribution < -0.4 is 16.4 Å². The van der Waals surface area contributed by atoms with Gasteiger partial charge in [0.1, 0.15) is 12.1 Å². The zero-order chi connectivity index (χ0) is 25.7. The molecule has 2 aromatic carbocycles. The van der Waals surface area contributed by atoms with Gasteiger partial charge in [-0.05, 0) is 50.2 Å². The molecule has 4 rings (SSSR count). The molecule has 2 fully saturated rings. The molecule has 7 nitrogen and oxygen atoms in total. The predicted molar refractivity (Wildman–Crippen MR) is 140 cm³/mol. The summed E-state index contributed by atoms with van der Waals surface area (Å²) in [5.41, 5.74) is 9.01. The highest BCUT2D eigenvalue weighted by atomic mass is 16.2. The highest BCUT2D eigenvalue weighted by Gasteiger charge is 2.44. The fourth-order valence-corrected chi connectivity index (χ4v) is 5.48. The second-order valence-corrected chi connectivity index (χ2v) is 10.1. The fraction of sp³-hybridized carbons (Fsp3) is 0.483. The SMILES string of the molecule is CC[C@H](N)C(=O)N[C@H]1CCCC[C@H]2CC[C@@H](C(=O)N[C@@H](c3ccccc3)c3cccc(C)c3)N2C1=O. The van der Waals surface area contributed by atoms with Crippen molar-refractivity contribution in [2.24, 2.45) is 5.73 Å². The molecule has 2 heterocycles. The second kappa shape index (κ2) is 11.7. The summed E-state index contributed by atoms with van der Waals surface area (Å²) in [5.74, 6) is -0.630. The first kappa shape index (κ1) is 25.9. The van der Waals surface area contributed by atoms with Crippen LogP contribution in [0.3, 0.4) is 0 Å². The number of rotatable bonds is 7. The van der Waals surface area contributed by atoms with Gasteiger partial charge in [0.2, 0.25) is 17.7 Å². The van der Waals surface area contributed by atoms with Gasteiger partial charge in [0.25, 0.3) is 0 Å². The number of nitrogens with two attached hydrogens (primary N) is 1. The molecule has 192 valence electrons. The van der Waals surface area contributed by atoms with Gasteiger partial charge in [-0.1, -0.05) is 79.9 Å². The maximum Gasteiger partial charge on any atom is 0.246 e. The van der Waals surface area contributed by atoms with Crippen LogP contribution in [-0.2, 0) is 14.4 Å². The third-order valence-electron chi connectivity index (χ3n) is 7.53. The van der Waals surface area contributed by atoms with Crippen LogP contribution in [0.2, 0.25) is 0 Å². The number of nitrogens with one attached hydrogen (secondary N) is 2. The molecule has 2 aliphatic heterocycles. The molecule has 5 atom stereocenters. The Bertz CT molecular complexity index is 1070. The lowest BCUT2D eigenvalue weighted by molar-refractivity contribution is -0.144. The molecule has 0 aliphatic carbocycles. The van der Waals surface area contributed by atoms with Gasteiger partial charge in [0.05, 0.1) is 12.1 Å². The lowest BCUT2D eigenvalue weighted by Gasteiger charge is -2.36. The summed E-state index contributed by atoms with van der Waals surface area (Å²) in [6, 6.07) is 15.9. The van der Waals surface area contributed by atoms with Gasteiger partial charge in [-0.25, -0.2) is 0 Å². The van der Waals surface area contributed by atoms with Gasteiger partial charge in [-0.3, -0.25) is 14.4 Å². The van der Waals surface area contributed by atoms with Gasteiger partial charge >= 0.3 is 0 Å². The van der Waals surface area contributed by atoms with Gasteiger partial charge in [0.15, 0.2) is 0 Å². The van der Waals surface area contributed by atoms with Gasteiger partial charge in [-0.2, -0.15) is 0 Å². The van der Waals surface area contributed by atoms with E-state index in [1.54, 1.807) is 4.90 Å². The first-order valence-electron chi connectivity index (χ1n) is 13.2. The lowest BCUT2D eigenvalue weighted by Crippen LogP contribution is -2.58. The minimum Gasteiger partial charge on any atom is -0.343 e. The van der Waals surface area contributed by atoms with Crippen molar-refractivity contribution in [1.82, 2.24) is 15.5 Å². The van der Waals surface area contributed by atoms with Crippen LogP contribution in [0.4, 0.5) is 0 Å². The Morgan fingerprint density at radius 2 is 1.72 bits per heavy atom. The molecule has 4 N–H and O–H groups in total. The molecular formula is C29H38N4O3. The molecule has 2 saturated heterocycles. The van der Waals surface area contributed by atoms with E-state index in [9.17, 15) is 14.4 Å². The molecular weight excluding hydrogens is 452 g/mol. The maximum atomic E-state index is 13.8. The smallest absolute Gasteiger partial charge is 0.246 e. The highest BCUT2D eigenvalue weighted by Crippen LogP contribution is 2.32. The summed E-state index contributed by atoms with van der Waals surface area (Å²) >= 11 is 0. The molecule has 0 spiro atoms. The minimum atomic E-state index is -0.645. The molecule has 2 aliphatic rings. The summed E-state index contributed by atoms with van der Waals surface area (Å²) in [4.78, 5) is 41.7. The Labute approximate surface area is 213 Å². The molecule has 3 amide bonds. The van der Waals surface area contributed by atoms with E-state index in [1.807, 2.05) is 62.4 Å². The average Bonchev–Trinajstić information content (AvgIpc) is 3.31. The number of hydrogen-bond donors (Lipinski definition) is 3. The fourth-order valence-electron chi connectivity index (χ4n) is 5.48. The topological polar surface area (TPSA) is 105 Å². The lowest BCUT2D eigenvalue weighted by atomic mass is 9.96. The summed E-state index contributed by atoms with van der Waals surface area (Å²) in [6.07, 6.45) is 5.18. The summed E-state index contributed by atoms with van der Waals surface area (Å²) in [7, 11) is 0. The van der Waals surface area contributed by atoms with Crippen molar-refractivity contribution < 1.29 is 14.4 Å². The molecule has 0 unspecified atom stereocenters. The van der Waals surface area contributed by atoms with Gasteiger partial charge in [0, 0.05) is 6.04 Å². The zero-order valence-corrected chi connectivity index (χ0v) is 21.3. The van der Waals surface area contributed by atoms with Crippen LogP contribution >= 0.6 is 0 Å². The van der Waals surface area contributed by atoms with Crippen molar-refractivity contribution >= 4 is 17.7 Å². The molecule has 0 saturated carbocycles. The van der Waals surface area contributed by atoms with E-state index in [1.165, 1.54) is 0 Å². The third kappa shape index (κ3) is 5.78. The molecule has 0 aromatic heterocycles. The van der Waals surface area contributed by atoms with E-state index >= 15 is 0 Å². The highest BCUT2D eigenvalue weighted by molar-refractivity contribution is 5.94. The van der Waals surface area contributed by atoms with E-state index in [-0.39, 0.29) is 29.8 Å². The summed E-state index contributed by atoms with van der Waals surface area (Å²) < 4.78 is 0. The van der Waals surface area contributed by atoms with Crippen molar-refractivity contribution in [1.29, 1.82) is 0 Å². The predicted octanol–water partition coefficient (Wildman–Crippen LogP) is 3.36. The normalized spacial score (nSPS) is 23.7. The standard InChI is InChI=1S/C29H38N4O3/c1-3-23(30)27(34)31-24-15-8-7-14-22-16-17-25(33(22)29(24)36)28(35)32-26(20-11-5-4-6-12-20)21-13-9-10-19(2)18-21/h4-6,9-13,18,22-26H,3,7-8,14-17,30H2,1-2H3,(H,31,34)(H,32,35)/t22-,23-,24-,25-,26-/m0/s1. The van der Waals surface area contributed by atoms with Crippen LogP contribution in [0.5, 0.6) is 0 Å². The number of benzene rings is 2. The van der Waals surface area contributed by atoms with E-state index in [0.29, 0.717) is 19.3 Å². The van der Waals surface area contributed by atoms with Crippen LogP contribution in [-0.4, -0.2) is 46.8 Å². The van der Waals surface area contributed by atoms with Crippen molar-refractivity contribution in [2.45, 2.75) is 89.0 Å². The number of carbonyl (C=O) groups excluding carboxylic acids is 3. The number of amides is 3. The monoisotopic (exact) mass is 490 g/mol. The summed E-state index contributed by atoms with van der Waals surface area (Å²) in [5, 5.41) is 6.12. The third-order valence-corrected chi connectivity index (χ3v) is 7.53. The summed E-state index contributed by atoms with van der Waals surface area (Å²) in [6.45, 7) is 3.88. The Morgan fingerprint density at radius 3 is 2.44 bits per heavy atom. The number of aryl methyl sites for hydroxylation is 1. The quantitative estimate of drug-likeness (QED) is 0.554. The van der Waals surface area contributed by atoms with E-state index in [4.69, 9.17) is 5.73 Å². The second-order valence-electron chi connectivity index (χ2n) is 10.1. The van der Waals surface area contributed by atoms with E-state index in [0.717, 1.165) is 42.4 Å². The molecule has 0 bridgehead atoms. The largest absolute Gasteiger partial charge is 0.343 e. The van der Waals surface area contributed by atoms with Crippen LogP contribution in [0.1, 0.15) is 74.6 Å². The Balaban J connectivity index is 1.57. The van der Waals surface area contributed by atoms with Crippen LogP contribution in [0.15, 0.2) is 54.6 Å². The number of fused-ring (bicyclic) bond motifs is 1. The first-order chi connectivity index (χ1) is 17.4. The van der Waals surface area contributed by atoms with Crippen LogP contribution in [0, 0.1) is 6.92 Å².